The molecule has 0 N–H and O–H groups in total. The van der Waals surface area contributed by atoms with Crippen molar-refractivity contribution in [1.29, 1.82) is 0 Å². The summed E-state index contributed by atoms with van der Waals surface area (Å²) in [5, 5.41) is 0. The standard InChI is InChI=1S/C31H29Cl5/c1-28-22-6-5-17(12-32)7-23(22)29(2)26-10-20(15-35)21(16-36)11-27(26)30(3,31(28,29)4)25-9-19(14-34)18(13-33)8-24(25)28/h5-11H,12-16H2,1-4H3/t28-,29+,30-,31+/m1/s1. The minimum Gasteiger partial charge on any atom is -0.122 e. The molecule has 0 amide bonds. The van der Waals surface area contributed by atoms with Crippen molar-refractivity contribution in [2.75, 3.05) is 0 Å². The third-order valence-corrected chi connectivity index (χ3v) is 12.2. The van der Waals surface area contributed by atoms with E-state index in [1.807, 2.05) is 0 Å². The first kappa shape index (κ1) is 25.4. The summed E-state index contributed by atoms with van der Waals surface area (Å²) in [4.78, 5) is 0. The lowest BCUT2D eigenvalue weighted by Gasteiger charge is -2.49. The van der Waals surface area contributed by atoms with Crippen molar-refractivity contribution in [2.45, 2.75) is 73.3 Å². The number of rotatable bonds is 5. The minimum absolute atomic E-state index is 0.187. The van der Waals surface area contributed by atoms with Gasteiger partial charge in [-0.05, 0) is 61.2 Å². The Balaban J connectivity index is 1.85. The Labute approximate surface area is 239 Å². The van der Waals surface area contributed by atoms with Gasteiger partial charge >= 0.3 is 0 Å². The van der Waals surface area contributed by atoms with E-state index in [9.17, 15) is 0 Å². The zero-order valence-electron chi connectivity index (χ0n) is 21.0. The summed E-state index contributed by atoms with van der Waals surface area (Å²) < 4.78 is 0. The number of fused-ring (bicyclic) bond motifs is 9. The molecule has 0 fully saturated rings. The molecule has 36 heavy (non-hydrogen) atoms. The van der Waals surface area contributed by atoms with Gasteiger partial charge in [-0.25, -0.2) is 0 Å². The average molecular weight is 579 g/mol. The maximum absolute atomic E-state index is 6.48. The van der Waals surface area contributed by atoms with Crippen LogP contribution in [0.15, 0.2) is 42.5 Å². The highest BCUT2D eigenvalue weighted by molar-refractivity contribution is 6.19. The second-order valence-corrected chi connectivity index (χ2v) is 12.7. The maximum Gasteiger partial charge on any atom is 0.0477 e. The molecule has 0 aliphatic heterocycles. The first-order valence-corrected chi connectivity index (χ1v) is 15.1. The van der Waals surface area contributed by atoms with Crippen LogP contribution in [0.2, 0.25) is 0 Å². The highest BCUT2D eigenvalue weighted by Gasteiger charge is 2.79. The fourth-order valence-corrected chi connectivity index (χ4v) is 9.77. The summed E-state index contributed by atoms with van der Waals surface area (Å²) in [5.41, 5.74) is 12.8. The van der Waals surface area contributed by atoms with Gasteiger partial charge in [-0.15, -0.1) is 58.0 Å². The average Bonchev–Trinajstić information content (AvgIpc) is 3.26. The number of halogens is 5. The Morgan fingerprint density at radius 3 is 1.11 bits per heavy atom. The van der Waals surface area contributed by atoms with Gasteiger partial charge in [0.25, 0.3) is 0 Å². The molecule has 0 aromatic heterocycles. The summed E-state index contributed by atoms with van der Waals surface area (Å²) in [5.74, 6) is 2.26. The molecule has 3 aliphatic rings. The Morgan fingerprint density at radius 2 is 0.778 bits per heavy atom. The summed E-state index contributed by atoms with van der Waals surface area (Å²) in [6.45, 7) is 9.81. The van der Waals surface area contributed by atoms with E-state index < -0.39 is 0 Å². The number of benzene rings is 3. The maximum atomic E-state index is 6.48. The summed E-state index contributed by atoms with van der Waals surface area (Å²) in [7, 11) is 0. The summed E-state index contributed by atoms with van der Waals surface area (Å²) >= 11 is 32.3. The van der Waals surface area contributed by atoms with E-state index in [0.29, 0.717) is 29.4 Å². The van der Waals surface area contributed by atoms with E-state index >= 15 is 0 Å². The molecule has 3 aromatic rings. The van der Waals surface area contributed by atoms with Gasteiger partial charge in [0.2, 0.25) is 0 Å². The normalized spacial score (nSPS) is 30.8. The second-order valence-electron chi connectivity index (χ2n) is 11.4. The molecule has 4 atom stereocenters. The van der Waals surface area contributed by atoms with Gasteiger partial charge in [-0.2, -0.15) is 0 Å². The monoisotopic (exact) mass is 576 g/mol. The summed E-state index contributed by atoms with van der Waals surface area (Å²) in [6.07, 6.45) is 0. The van der Waals surface area contributed by atoms with Crippen LogP contribution in [0.5, 0.6) is 0 Å². The topological polar surface area (TPSA) is 0 Å². The van der Waals surface area contributed by atoms with Crippen LogP contribution in [-0.2, 0) is 45.6 Å². The van der Waals surface area contributed by atoms with E-state index in [0.717, 1.165) is 27.8 Å². The van der Waals surface area contributed by atoms with Crippen LogP contribution in [0.25, 0.3) is 0 Å². The van der Waals surface area contributed by atoms with Crippen LogP contribution >= 0.6 is 58.0 Å². The lowest BCUT2D eigenvalue weighted by atomic mass is 9.52. The van der Waals surface area contributed by atoms with Gasteiger partial charge in [0.15, 0.2) is 0 Å². The largest absolute Gasteiger partial charge is 0.122 e. The lowest BCUT2D eigenvalue weighted by molar-refractivity contribution is 0.0997. The highest BCUT2D eigenvalue weighted by atomic mass is 35.5. The van der Waals surface area contributed by atoms with Crippen LogP contribution in [0, 0.1) is 5.41 Å². The molecule has 188 valence electrons. The van der Waals surface area contributed by atoms with Crippen molar-refractivity contribution in [3.05, 3.63) is 104 Å². The van der Waals surface area contributed by atoms with Crippen molar-refractivity contribution in [1.82, 2.24) is 0 Å². The molecule has 0 heterocycles. The molecule has 0 spiro atoms. The van der Waals surface area contributed by atoms with E-state index in [4.69, 9.17) is 58.0 Å². The third kappa shape index (κ3) is 2.49. The predicted molar refractivity (Wildman–Crippen MR) is 155 cm³/mol. The van der Waals surface area contributed by atoms with E-state index in [1.165, 1.54) is 33.4 Å². The van der Waals surface area contributed by atoms with Crippen molar-refractivity contribution >= 4 is 58.0 Å². The Kier molecular flexibility index (Phi) is 5.69. The molecule has 0 unspecified atom stereocenters. The number of hydrogen-bond donors (Lipinski definition) is 0. The second kappa shape index (κ2) is 8.06. The Bertz CT molecular complexity index is 1430. The fraction of sp³-hybridized carbons (Fsp3) is 0.419. The first-order chi connectivity index (χ1) is 17.1. The zero-order valence-corrected chi connectivity index (χ0v) is 24.7. The van der Waals surface area contributed by atoms with Crippen molar-refractivity contribution in [2.24, 2.45) is 5.41 Å². The molecule has 3 aliphatic carbocycles. The van der Waals surface area contributed by atoms with E-state index in [1.54, 1.807) is 0 Å². The smallest absolute Gasteiger partial charge is 0.0477 e. The lowest BCUT2D eigenvalue weighted by Crippen LogP contribution is -2.51. The van der Waals surface area contributed by atoms with Gasteiger partial charge in [-0.3, -0.25) is 0 Å². The van der Waals surface area contributed by atoms with Gasteiger partial charge in [0, 0.05) is 51.1 Å². The first-order valence-electron chi connectivity index (χ1n) is 12.4. The van der Waals surface area contributed by atoms with Crippen LogP contribution < -0.4 is 0 Å². The Morgan fingerprint density at radius 1 is 0.444 bits per heavy atom. The van der Waals surface area contributed by atoms with Crippen molar-refractivity contribution in [3.8, 4) is 0 Å². The predicted octanol–water partition coefficient (Wildman–Crippen LogP) is 9.65. The third-order valence-electron chi connectivity index (χ3n) is 10.7. The molecule has 3 aromatic carbocycles. The number of hydrogen-bond acceptors (Lipinski definition) is 0. The Hall–Kier alpha value is -0.890. The molecular weight excluding hydrogens is 550 g/mol. The molecule has 5 heteroatoms. The molecule has 0 saturated carbocycles. The highest BCUT2D eigenvalue weighted by Crippen LogP contribution is 2.82. The van der Waals surface area contributed by atoms with Crippen molar-refractivity contribution < 1.29 is 0 Å². The zero-order chi connectivity index (χ0) is 25.8. The summed E-state index contributed by atoms with van der Waals surface area (Å²) in [6, 6.07) is 16.2. The molecule has 0 saturated heterocycles. The fourth-order valence-electron chi connectivity index (χ4n) is 8.61. The molecular formula is C31H29Cl5. The van der Waals surface area contributed by atoms with Gasteiger partial charge in [-0.1, -0.05) is 70.2 Å². The number of alkyl halides is 5. The molecule has 0 radical (unpaired) electrons. The van der Waals surface area contributed by atoms with Gasteiger partial charge in [0.05, 0.1) is 0 Å². The SMILES string of the molecule is C[C@]12c3cc(CCl)c(CCl)cc3[C@]3(C)c4cc(CCl)ccc4[C@](C)(c4cc(CCl)c(CCl)cc41)[C@]23C. The molecule has 6 rings (SSSR count). The van der Waals surface area contributed by atoms with Gasteiger partial charge < -0.3 is 0 Å². The van der Waals surface area contributed by atoms with Crippen molar-refractivity contribution in [3.63, 3.8) is 0 Å². The molecule has 0 nitrogen and oxygen atoms in total. The van der Waals surface area contributed by atoms with E-state index in [-0.39, 0.29) is 21.7 Å². The minimum atomic E-state index is -0.265. The van der Waals surface area contributed by atoms with E-state index in [2.05, 4.69) is 70.2 Å². The van der Waals surface area contributed by atoms with Gasteiger partial charge in [0.1, 0.15) is 0 Å². The molecule has 0 bridgehead atoms. The van der Waals surface area contributed by atoms with Crippen LogP contribution in [0.1, 0.15) is 88.9 Å². The van der Waals surface area contributed by atoms with Crippen LogP contribution in [0.3, 0.4) is 0 Å². The quantitative estimate of drug-likeness (QED) is 0.264. The van der Waals surface area contributed by atoms with Crippen LogP contribution in [0.4, 0.5) is 0 Å². The van der Waals surface area contributed by atoms with Crippen LogP contribution in [-0.4, -0.2) is 0 Å².